The number of amides is 1. The topological polar surface area (TPSA) is 149 Å². The van der Waals surface area contributed by atoms with Crippen LogP contribution in [-0.2, 0) is 14.3 Å². The van der Waals surface area contributed by atoms with Gasteiger partial charge in [-0.05, 0) is 12.8 Å². The summed E-state index contributed by atoms with van der Waals surface area (Å²) in [6, 6.07) is -0.714. The van der Waals surface area contributed by atoms with Crippen molar-refractivity contribution < 1.29 is 39.8 Å². The molecule has 1 heterocycles. The van der Waals surface area contributed by atoms with Crippen molar-refractivity contribution in [1.29, 1.82) is 0 Å². The van der Waals surface area contributed by atoms with Gasteiger partial charge in [0.25, 0.3) is 0 Å². The molecule has 7 atom stereocenters. The van der Waals surface area contributed by atoms with E-state index in [1.165, 1.54) is 283 Å². The molecule has 0 spiro atoms. The first-order valence-electron chi connectivity index (χ1n) is 32.7. The van der Waals surface area contributed by atoms with Crippen molar-refractivity contribution in [3.05, 3.63) is 0 Å². The lowest BCUT2D eigenvalue weighted by Gasteiger charge is -2.40. The van der Waals surface area contributed by atoms with E-state index in [4.69, 9.17) is 9.47 Å². The molecule has 9 heteroatoms. The number of nitrogens with one attached hydrogen (secondary N) is 1. The van der Waals surface area contributed by atoms with Gasteiger partial charge in [-0.3, -0.25) is 4.79 Å². The van der Waals surface area contributed by atoms with Crippen LogP contribution < -0.4 is 5.32 Å². The van der Waals surface area contributed by atoms with Crippen LogP contribution in [0.2, 0.25) is 0 Å². The molecule has 0 aromatic rings. The minimum absolute atomic E-state index is 0.131. The van der Waals surface area contributed by atoms with Gasteiger partial charge in [-0.1, -0.05) is 328 Å². The number of carbonyl (C=O) groups is 1. The normalized spacial score (nSPS) is 18.9. The van der Waals surface area contributed by atoms with Gasteiger partial charge in [0.1, 0.15) is 24.4 Å². The lowest BCUT2D eigenvalue weighted by atomic mass is 9.99. The fourth-order valence-corrected chi connectivity index (χ4v) is 11.0. The average Bonchev–Trinajstić information content (AvgIpc) is 3.39. The van der Waals surface area contributed by atoms with E-state index >= 15 is 0 Å². The third kappa shape index (κ3) is 43.8. The maximum absolute atomic E-state index is 13.1. The second-order valence-corrected chi connectivity index (χ2v) is 23.3. The number of aliphatic hydroxyl groups excluding tert-OH is 5. The molecule has 0 saturated carbocycles. The Morgan fingerprint density at radius 2 is 0.685 bits per heavy atom. The van der Waals surface area contributed by atoms with Crippen LogP contribution in [0, 0.1) is 0 Å². The van der Waals surface area contributed by atoms with Crippen molar-refractivity contribution in [3.8, 4) is 0 Å². The molecule has 1 rings (SSSR count). The number of hydrogen-bond donors (Lipinski definition) is 6. The van der Waals surface area contributed by atoms with Crippen LogP contribution in [-0.4, -0.2) is 87.5 Å². The summed E-state index contributed by atoms with van der Waals surface area (Å²) >= 11 is 0. The van der Waals surface area contributed by atoms with Crippen molar-refractivity contribution in [2.45, 2.75) is 391 Å². The van der Waals surface area contributed by atoms with Gasteiger partial charge in [-0.2, -0.15) is 0 Å². The van der Waals surface area contributed by atoms with Gasteiger partial charge in [0, 0.05) is 6.42 Å². The molecular formula is C64H127NO8. The van der Waals surface area contributed by atoms with Crippen LogP contribution in [0.3, 0.4) is 0 Å². The zero-order chi connectivity index (χ0) is 52.9. The van der Waals surface area contributed by atoms with Gasteiger partial charge in [0.15, 0.2) is 6.29 Å². The quantitative estimate of drug-likeness (QED) is 0.0330. The van der Waals surface area contributed by atoms with E-state index in [1.54, 1.807) is 0 Å². The first-order valence-corrected chi connectivity index (χ1v) is 32.7. The maximum atomic E-state index is 13.1. The van der Waals surface area contributed by atoms with Gasteiger partial charge in [0.05, 0.1) is 25.4 Å². The van der Waals surface area contributed by atoms with Gasteiger partial charge in [-0.15, -0.1) is 0 Å². The molecular weight excluding hydrogens is 911 g/mol. The van der Waals surface area contributed by atoms with E-state index in [1.807, 2.05) is 0 Å². The molecule has 436 valence electrons. The smallest absolute Gasteiger partial charge is 0.220 e. The van der Waals surface area contributed by atoms with Crippen molar-refractivity contribution in [1.82, 2.24) is 5.32 Å². The van der Waals surface area contributed by atoms with Crippen LogP contribution in [0.4, 0.5) is 0 Å². The second kappa shape index (κ2) is 54.5. The molecule has 1 aliphatic heterocycles. The van der Waals surface area contributed by atoms with Crippen molar-refractivity contribution in [2.24, 2.45) is 0 Å². The number of ether oxygens (including phenoxy) is 2. The standard InChI is InChI=1S/C64H127NO8/c1-3-5-7-9-11-13-15-17-19-21-22-23-24-25-26-27-28-29-30-31-32-33-34-35-36-37-38-40-42-44-46-48-50-52-54-60(68)65-57(56-72-64-63(71)62(70)61(69)59(55-66)73-64)58(67)53-51-49-47-45-43-41-39-20-18-16-14-12-10-8-6-4-2/h57-59,61-64,66-67,69-71H,3-56H2,1-2H3,(H,65,68)/t57-,58+,59+,61-,62?,63?,64+/m0/s1. The van der Waals surface area contributed by atoms with Crippen LogP contribution in [0.15, 0.2) is 0 Å². The lowest BCUT2D eigenvalue weighted by Crippen LogP contribution is -2.60. The van der Waals surface area contributed by atoms with E-state index < -0.39 is 49.5 Å². The molecule has 1 saturated heterocycles. The highest BCUT2D eigenvalue weighted by molar-refractivity contribution is 5.76. The highest BCUT2D eigenvalue weighted by Crippen LogP contribution is 2.24. The Labute approximate surface area is 453 Å². The summed E-state index contributed by atoms with van der Waals surface area (Å²) in [6.45, 7) is 3.89. The predicted molar refractivity (Wildman–Crippen MR) is 309 cm³/mol. The third-order valence-corrected chi connectivity index (χ3v) is 16.2. The van der Waals surface area contributed by atoms with E-state index in [0.29, 0.717) is 12.8 Å². The summed E-state index contributed by atoms with van der Waals surface area (Å²) in [6.07, 6.45) is 60.3. The van der Waals surface area contributed by atoms with Crippen LogP contribution in [0.25, 0.3) is 0 Å². The Balaban J connectivity index is 2.06. The maximum Gasteiger partial charge on any atom is 0.220 e. The van der Waals surface area contributed by atoms with Crippen molar-refractivity contribution >= 4 is 5.91 Å². The molecule has 0 radical (unpaired) electrons. The zero-order valence-electron chi connectivity index (χ0n) is 48.7. The molecule has 2 unspecified atom stereocenters. The Bertz CT molecular complexity index is 1110. The highest BCUT2D eigenvalue weighted by atomic mass is 16.7. The number of carbonyl (C=O) groups excluding carboxylic acids is 1. The van der Waals surface area contributed by atoms with Crippen LogP contribution in [0.5, 0.6) is 0 Å². The lowest BCUT2D eigenvalue weighted by molar-refractivity contribution is -0.302. The monoisotopic (exact) mass is 1040 g/mol. The molecule has 6 N–H and O–H groups in total. The van der Waals surface area contributed by atoms with Gasteiger partial charge in [-0.25, -0.2) is 0 Å². The molecule has 1 fully saturated rings. The van der Waals surface area contributed by atoms with Crippen molar-refractivity contribution in [3.63, 3.8) is 0 Å². The SMILES string of the molecule is CCCCCCCCCCCCCCCCCCCCCCCCCCCCCCCCCCCCC(=O)N[C@@H](CO[C@@H]1O[C@H](CO)[C@H](O)C(O)C1O)[C@H](O)CCCCCCCCCCCCCCCCCC. The average molecular weight is 1040 g/mol. The third-order valence-electron chi connectivity index (χ3n) is 16.2. The number of rotatable bonds is 58. The van der Waals surface area contributed by atoms with Crippen LogP contribution in [0.1, 0.15) is 348 Å². The molecule has 73 heavy (non-hydrogen) atoms. The first kappa shape index (κ1) is 70.2. The number of unbranched alkanes of at least 4 members (excludes halogenated alkanes) is 48. The largest absolute Gasteiger partial charge is 0.394 e. The summed E-state index contributed by atoms with van der Waals surface area (Å²) in [5.41, 5.74) is 0. The minimum Gasteiger partial charge on any atom is -0.394 e. The summed E-state index contributed by atoms with van der Waals surface area (Å²) in [5, 5.41) is 54.7. The Morgan fingerprint density at radius 1 is 0.411 bits per heavy atom. The van der Waals surface area contributed by atoms with Crippen molar-refractivity contribution in [2.75, 3.05) is 13.2 Å². The van der Waals surface area contributed by atoms with E-state index in [2.05, 4.69) is 19.2 Å². The second-order valence-electron chi connectivity index (χ2n) is 23.3. The first-order chi connectivity index (χ1) is 35.8. The fraction of sp³-hybridized carbons (Fsp3) is 0.984. The van der Waals surface area contributed by atoms with E-state index in [-0.39, 0.29) is 12.5 Å². The zero-order valence-corrected chi connectivity index (χ0v) is 48.7. The van der Waals surface area contributed by atoms with Gasteiger partial charge < -0.3 is 40.3 Å². The Kier molecular flexibility index (Phi) is 52.5. The Morgan fingerprint density at radius 3 is 0.973 bits per heavy atom. The number of hydrogen-bond acceptors (Lipinski definition) is 8. The molecule has 0 bridgehead atoms. The Hall–Kier alpha value is -0.810. The molecule has 1 amide bonds. The predicted octanol–water partition coefficient (Wildman–Crippen LogP) is 17.0. The van der Waals surface area contributed by atoms with Gasteiger partial charge in [0.2, 0.25) is 5.91 Å². The number of aliphatic hydroxyl groups is 5. The molecule has 0 aromatic heterocycles. The minimum atomic E-state index is -1.55. The van der Waals surface area contributed by atoms with E-state index in [0.717, 1.165) is 38.5 Å². The van der Waals surface area contributed by atoms with Gasteiger partial charge >= 0.3 is 0 Å². The molecule has 0 aromatic carbocycles. The summed E-state index contributed by atoms with van der Waals surface area (Å²) in [5.74, 6) is -0.135. The molecule has 1 aliphatic rings. The summed E-state index contributed by atoms with van der Waals surface area (Å²) in [4.78, 5) is 13.1. The fourth-order valence-electron chi connectivity index (χ4n) is 11.0. The molecule has 0 aliphatic carbocycles. The van der Waals surface area contributed by atoms with E-state index in [9.17, 15) is 30.3 Å². The molecule has 9 nitrogen and oxygen atoms in total. The summed E-state index contributed by atoms with van der Waals surface area (Å²) in [7, 11) is 0. The highest BCUT2D eigenvalue weighted by Gasteiger charge is 2.44. The summed E-state index contributed by atoms with van der Waals surface area (Å²) < 4.78 is 11.3. The van der Waals surface area contributed by atoms with Crippen LogP contribution >= 0.6 is 0 Å².